The van der Waals surface area contributed by atoms with E-state index in [4.69, 9.17) is 0 Å². The van der Waals surface area contributed by atoms with Crippen molar-refractivity contribution in [3.05, 3.63) is 35.4 Å². The van der Waals surface area contributed by atoms with Gasteiger partial charge in [-0.25, -0.2) is 0 Å². The zero-order chi connectivity index (χ0) is 19.9. The second-order valence-corrected chi connectivity index (χ2v) is 8.20. The van der Waals surface area contributed by atoms with Crippen LogP contribution in [0.2, 0.25) is 0 Å². The van der Waals surface area contributed by atoms with Crippen molar-refractivity contribution in [3.63, 3.8) is 0 Å². The van der Waals surface area contributed by atoms with Crippen LogP contribution in [0.4, 0.5) is 0 Å². The summed E-state index contributed by atoms with van der Waals surface area (Å²) in [5.74, 6) is -1.82. The van der Waals surface area contributed by atoms with E-state index in [9.17, 15) is 19.5 Å². The summed E-state index contributed by atoms with van der Waals surface area (Å²) in [5, 5.41) is 14.7. The first-order chi connectivity index (χ1) is 12.0. The van der Waals surface area contributed by atoms with Crippen LogP contribution in [0, 0.1) is 17.3 Å². The Bertz CT molecular complexity index is 630. The van der Waals surface area contributed by atoms with Crippen LogP contribution < -0.4 is 10.6 Å². The standard InChI is InChI=1S/C20H30N2O4/c1-13(2)10-16(19(25)26)11-21-17(23)14-6-8-15(9-7-14)18(24)22-12-20(3,4)5/h6-9,13,16H,10-12H2,1-5H3,(H,21,23)(H,22,24)(H,25,26). The Labute approximate surface area is 155 Å². The van der Waals surface area contributed by atoms with Gasteiger partial charge in [-0.3, -0.25) is 14.4 Å². The molecular weight excluding hydrogens is 332 g/mol. The Balaban J connectivity index is 2.63. The van der Waals surface area contributed by atoms with Gasteiger partial charge in [-0.2, -0.15) is 0 Å². The fourth-order valence-corrected chi connectivity index (χ4v) is 2.38. The zero-order valence-corrected chi connectivity index (χ0v) is 16.3. The third kappa shape index (κ3) is 7.68. The van der Waals surface area contributed by atoms with Gasteiger partial charge in [-0.15, -0.1) is 0 Å². The Kier molecular flexibility index (Phi) is 7.80. The third-order valence-electron chi connectivity index (χ3n) is 3.80. The summed E-state index contributed by atoms with van der Waals surface area (Å²) < 4.78 is 0. The van der Waals surface area contributed by atoms with Crippen molar-refractivity contribution in [1.82, 2.24) is 10.6 Å². The van der Waals surface area contributed by atoms with Gasteiger partial charge < -0.3 is 15.7 Å². The second-order valence-electron chi connectivity index (χ2n) is 8.20. The highest BCUT2D eigenvalue weighted by atomic mass is 16.4. The molecule has 0 spiro atoms. The van der Waals surface area contributed by atoms with Gasteiger partial charge in [-0.05, 0) is 42.0 Å². The van der Waals surface area contributed by atoms with Crippen LogP contribution >= 0.6 is 0 Å². The minimum absolute atomic E-state index is 0.00778. The molecule has 0 bridgehead atoms. The maximum Gasteiger partial charge on any atom is 0.308 e. The molecule has 0 fully saturated rings. The molecule has 1 aromatic carbocycles. The van der Waals surface area contributed by atoms with Crippen molar-refractivity contribution < 1.29 is 19.5 Å². The minimum Gasteiger partial charge on any atom is -0.481 e. The van der Waals surface area contributed by atoms with Gasteiger partial charge in [0, 0.05) is 24.2 Å². The monoisotopic (exact) mass is 362 g/mol. The number of carboxylic acid groups (broad SMARTS) is 1. The summed E-state index contributed by atoms with van der Waals surface area (Å²) in [5.41, 5.74) is 0.867. The summed E-state index contributed by atoms with van der Waals surface area (Å²) in [4.78, 5) is 35.5. The van der Waals surface area contributed by atoms with E-state index in [1.807, 2.05) is 34.6 Å². The molecule has 6 nitrogen and oxygen atoms in total. The van der Waals surface area contributed by atoms with Crippen LogP contribution in [0.1, 0.15) is 61.8 Å². The second kappa shape index (κ2) is 9.36. The first-order valence-corrected chi connectivity index (χ1v) is 8.89. The normalized spacial score (nSPS) is 12.5. The predicted molar refractivity (Wildman–Crippen MR) is 101 cm³/mol. The Morgan fingerprint density at radius 1 is 0.962 bits per heavy atom. The number of nitrogens with one attached hydrogen (secondary N) is 2. The lowest BCUT2D eigenvalue weighted by Crippen LogP contribution is -2.34. The van der Waals surface area contributed by atoms with E-state index in [0.717, 1.165) is 0 Å². The quantitative estimate of drug-likeness (QED) is 0.662. The van der Waals surface area contributed by atoms with E-state index >= 15 is 0 Å². The number of carbonyl (C=O) groups excluding carboxylic acids is 2. The topological polar surface area (TPSA) is 95.5 Å². The SMILES string of the molecule is CC(C)CC(CNC(=O)c1ccc(C(=O)NCC(C)(C)C)cc1)C(=O)O. The lowest BCUT2D eigenvalue weighted by molar-refractivity contribution is -0.142. The fraction of sp³-hybridized carbons (Fsp3) is 0.550. The molecule has 0 aromatic heterocycles. The van der Waals surface area contributed by atoms with Crippen LogP contribution in [-0.2, 0) is 4.79 Å². The fourth-order valence-electron chi connectivity index (χ4n) is 2.38. The number of rotatable bonds is 8. The lowest BCUT2D eigenvalue weighted by atomic mass is 9.97. The molecule has 0 saturated carbocycles. The molecule has 1 atom stereocenters. The Morgan fingerprint density at radius 3 is 1.81 bits per heavy atom. The van der Waals surface area contributed by atoms with E-state index in [0.29, 0.717) is 24.1 Å². The highest BCUT2D eigenvalue weighted by molar-refractivity contribution is 5.97. The van der Waals surface area contributed by atoms with Crippen molar-refractivity contribution in [3.8, 4) is 0 Å². The lowest BCUT2D eigenvalue weighted by Gasteiger charge is -2.18. The molecule has 1 unspecified atom stereocenters. The molecule has 6 heteroatoms. The van der Waals surface area contributed by atoms with Gasteiger partial charge in [0.05, 0.1) is 5.92 Å². The van der Waals surface area contributed by atoms with E-state index < -0.39 is 11.9 Å². The van der Waals surface area contributed by atoms with Crippen LogP contribution in [-0.4, -0.2) is 36.0 Å². The van der Waals surface area contributed by atoms with Crippen LogP contribution in [0.25, 0.3) is 0 Å². The van der Waals surface area contributed by atoms with Gasteiger partial charge in [0.1, 0.15) is 0 Å². The van der Waals surface area contributed by atoms with Gasteiger partial charge in [0.2, 0.25) is 0 Å². The molecule has 144 valence electrons. The average Bonchev–Trinajstić information content (AvgIpc) is 2.55. The molecule has 2 amide bonds. The molecule has 3 N–H and O–H groups in total. The third-order valence-corrected chi connectivity index (χ3v) is 3.80. The van der Waals surface area contributed by atoms with Crippen molar-refractivity contribution in [2.75, 3.05) is 13.1 Å². The van der Waals surface area contributed by atoms with Gasteiger partial charge in [0.15, 0.2) is 0 Å². The Morgan fingerprint density at radius 2 is 1.42 bits per heavy atom. The molecule has 0 radical (unpaired) electrons. The number of amides is 2. The molecule has 0 aliphatic rings. The highest BCUT2D eigenvalue weighted by Crippen LogP contribution is 2.13. The number of aliphatic carboxylic acids is 1. The number of hydrogen-bond acceptors (Lipinski definition) is 3. The predicted octanol–water partition coefficient (Wildman–Crippen LogP) is 2.94. The average molecular weight is 362 g/mol. The van der Waals surface area contributed by atoms with E-state index in [1.54, 1.807) is 24.3 Å². The number of hydrogen-bond donors (Lipinski definition) is 3. The molecule has 0 aliphatic heterocycles. The zero-order valence-electron chi connectivity index (χ0n) is 16.3. The summed E-state index contributed by atoms with van der Waals surface area (Å²) in [7, 11) is 0. The summed E-state index contributed by atoms with van der Waals surface area (Å²) in [6, 6.07) is 6.32. The van der Waals surface area contributed by atoms with Crippen molar-refractivity contribution in [1.29, 1.82) is 0 Å². The van der Waals surface area contributed by atoms with Crippen molar-refractivity contribution >= 4 is 17.8 Å². The molecule has 0 saturated heterocycles. The number of benzene rings is 1. The van der Waals surface area contributed by atoms with Gasteiger partial charge >= 0.3 is 5.97 Å². The summed E-state index contributed by atoms with van der Waals surface area (Å²) in [6.45, 7) is 10.6. The minimum atomic E-state index is -0.912. The molecule has 0 aliphatic carbocycles. The smallest absolute Gasteiger partial charge is 0.308 e. The Hall–Kier alpha value is -2.37. The highest BCUT2D eigenvalue weighted by Gasteiger charge is 2.20. The molecule has 1 rings (SSSR count). The molecule has 0 heterocycles. The molecule has 1 aromatic rings. The largest absolute Gasteiger partial charge is 0.481 e. The van der Waals surface area contributed by atoms with E-state index in [2.05, 4.69) is 10.6 Å². The first kappa shape index (κ1) is 21.7. The van der Waals surface area contributed by atoms with Gasteiger partial charge in [0.25, 0.3) is 11.8 Å². The van der Waals surface area contributed by atoms with E-state index in [1.165, 1.54) is 0 Å². The molecule has 26 heavy (non-hydrogen) atoms. The summed E-state index contributed by atoms with van der Waals surface area (Å²) >= 11 is 0. The first-order valence-electron chi connectivity index (χ1n) is 8.89. The summed E-state index contributed by atoms with van der Waals surface area (Å²) in [6.07, 6.45) is 0.502. The van der Waals surface area contributed by atoms with Crippen molar-refractivity contribution in [2.45, 2.75) is 41.0 Å². The maximum atomic E-state index is 12.2. The van der Waals surface area contributed by atoms with Gasteiger partial charge in [-0.1, -0.05) is 34.6 Å². The number of carbonyl (C=O) groups is 3. The number of carboxylic acids is 1. The molecular formula is C20H30N2O4. The van der Waals surface area contributed by atoms with Crippen LogP contribution in [0.5, 0.6) is 0 Å². The van der Waals surface area contributed by atoms with Crippen molar-refractivity contribution in [2.24, 2.45) is 17.3 Å². The maximum absolute atomic E-state index is 12.2. The van der Waals surface area contributed by atoms with Crippen LogP contribution in [0.15, 0.2) is 24.3 Å². The van der Waals surface area contributed by atoms with Crippen LogP contribution in [0.3, 0.4) is 0 Å². The van der Waals surface area contributed by atoms with E-state index in [-0.39, 0.29) is 29.7 Å².